The molecule has 1 heterocycles. The molecule has 98 valence electrons. The molecule has 1 aliphatic heterocycles. The fourth-order valence-electron chi connectivity index (χ4n) is 2.19. The van der Waals surface area contributed by atoms with E-state index in [1.807, 2.05) is 12.1 Å². The zero-order valence-corrected chi connectivity index (χ0v) is 12.5. The Morgan fingerprint density at radius 2 is 2.33 bits per heavy atom. The Balaban J connectivity index is 2.00. The van der Waals surface area contributed by atoms with Crippen molar-refractivity contribution >= 4 is 39.1 Å². The normalized spacial score (nSPS) is 23.7. The maximum absolute atomic E-state index is 12.1. The molecule has 1 aromatic rings. The van der Waals surface area contributed by atoms with Gasteiger partial charge < -0.3 is 10.6 Å². The summed E-state index contributed by atoms with van der Waals surface area (Å²) < 4.78 is 0.831. The molecule has 0 spiro atoms. The highest BCUT2D eigenvalue weighted by Gasteiger charge is 2.24. The van der Waals surface area contributed by atoms with E-state index in [2.05, 4.69) is 33.5 Å². The second-order valence-electron chi connectivity index (χ2n) is 4.69. The summed E-state index contributed by atoms with van der Waals surface area (Å²) in [6.45, 7) is 3.01. The molecular formula is C13H16BrClN2O. The molecule has 1 amide bonds. The highest BCUT2D eigenvalue weighted by Crippen LogP contribution is 2.26. The number of carbonyl (C=O) groups is 1. The van der Waals surface area contributed by atoms with Crippen LogP contribution in [0.15, 0.2) is 22.7 Å². The summed E-state index contributed by atoms with van der Waals surface area (Å²) in [5, 5.41) is 6.87. The van der Waals surface area contributed by atoms with Gasteiger partial charge in [-0.3, -0.25) is 4.79 Å². The SMILES string of the molecule is CC1CC(C(=O)Nc2ccc(Br)c(Cl)c2)CCN1. The molecule has 0 aromatic heterocycles. The van der Waals surface area contributed by atoms with Gasteiger partial charge in [-0.1, -0.05) is 11.6 Å². The third-order valence-electron chi connectivity index (χ3n) is 3.18. The second kappa shape index (κ2) is 6.04. The van der Waals surface area contributed by atoms with Crippen molar-refractivity contribution in [2.75, 3.05) is 11.9 Å². The quantitative estimate of drug-likeness (QED) is 0.872. The van der Waals surface area contributed by atoms with Crippen LogP contribution >= 0.6 is 27.5 Å². The minimum atomic E-state index is 0.0849. The largest absolute Gasteiger partial charge is 0.326 e. The molecule has 1 aromatic carbocycles. The molecule has 0 radical (unpaired) electrons. The van der Waals surface area contributed by atoms with Gasteiger partial charge in [-0.15, -0.1) is 0 Å². The van der Waals surface area contributed by atoms with Crippen LogP contribution < -0.4 is 10.6 Å². The number of hydrogen-bond acceptors (Lipinski definition) is 2. The van der Waals surface area contributed by atoms with Crippen LogP contribution in [-0.4, -0.2) is 18.5 Å². The Labute approximate surface area is 120 Å². The molecule has 18 heavy (non-hydrogen) atoms. The van der Waals surface area contributed by atoms with Crippen LogP contribution in [0.1, 0.15) is 19.8 Å². The van der Waals surface area contributed by atoms with Gasteiger partial charge in [0.2, 0.25) is 5.91 Å². The Morgan fingerprint density at radius 3 is 3.00 bits per heavy atom. The lowest BCUT2D eigenvalue weighted by atomic mass is 9.92. The molecule has 1 aliphatic rings. The molecule has 2 atom stereocenters. The molecule has 2 rings (SSSR count). The van der Waals surface area contributed by atoms with Crippen LogP contribution in [0.4, 0.5) is 5.69 Å². The molecule has 1 fully saturated rings. The second-order valence-corrected chi connectivity index (χ2v) is 5.96. The maximum Gasteiger partial charge on any atom is 0.227 e. The van der Waals surface area contributed by atoms with Crippen LogP contribution in [0.25, 0.3) is 0 Å². The average Bonchev–Trinajstić information content (AvgIpc) is 2.34. The van der Waals surface area contributed by atoms with Gasteiger partial charge in [0, 0.05) is 22.1 Å². The van der Waals surface area contributed by atoms with E-state index in [9.17, 15) is 4.79 Å². The third-order valence-corrected chi connectivity index (χ3v) is 4.41. The minimum absolute atomic E-state index is 0.0849. The zero-order chi connectivity index (χ0) is 13.1. The van der Waals surface area contributed by atoms with Crippen molar-refractivity contribution in [3.05, 3.63) is 27.7 Å². The standard InChI is InChI=1S/C13H16BrClN2O/c1-8-6-9(4-5-16-8)13(18)17-10-2-3-11(14)12(15)7-10/h2-3,7-9,16H,4-6H2,1H3,(H,17,18). The van der Waals surface area contributed by atoms with Crippen LogP contribution in [0, 0.1) is 5.92 Å². The summed E-state index contributed by atoms with van der Waals surface area (Å²) in [6, 6.07) is 5.85. The fourth-order valence-corrected chi connectivity index (χ4v) is 2.62. The summed E-state index contributed by atoms with van der Waals surface area (Å²) in [7, 11) is 0. The number of rotatable bonds is 2. The van der Waals surface area contributed by atoms with E-state index < -0.39 is 0 Å². The first-order valence-corrected chi connectivity index (χ1v) is 7.22. The minimum Gasteiger partial charge on any atom is -0.326 e. The van der Waals surface area contributed by atoms with Gasteiger partial charge >= 0.3 is 0 Å². The smallest absolute Gasteiger partial charge is 0.227 e. The lowest BCUT2D eigenvalue weighted by Crippen LogP contribution is -2.40. The fraction of sp³-hybridized carbons (Fsp3) is 0.462. The van der Waals surface area contributed by atoms with Gasteiger partial charge in [0.1, 0.15) is 0 Å². The molecule has 2 N–H and O–H groups in total. The van der Waals surface area contributed by atoms with Gasteiger partial charge in [0.15, 0.2) is 0 Å². The molecule has 3 nitrogen and oxygen atoms in total. The van der Waals surface area contributed by atoms with E-state index in [1.165, 1.54) is 0 Å². The van der Waals surface area contributed by atoms with Crippen LogP contribution in [-0.2, 0) is 4.79 Å². The molecule has 0 aliphatic carbocycles. The highest BCUT2D eigenvalue weighted by atomic mass is 79.9. The van der Waals surface area contributed by atoms with Crippen LogP contribution in [0.5, 0.6) is 0 Å². The number of halogens is 2. The Morgan fingerprint density at radius 1 is 1.56 bits per heavy atom. The van der Waals surface area contributed by atoms with Gasteiger partial charge in [0.05, 0.1) is 5.02 Å². The number of benzene rings is 1. The van der Waals surface area contributed by atoms with Crippen molar-refractivity contribution in [2.24, 2.45) is 5.92 Å². The first kappa shape index (κ1) is 13.8. The summed E-state index contributed by atoms with van der Waals surface area (Å²) >= 11 is 9.33. The molecule has 0 saturated carbocycles. The van der Waals surface area contributed by atoms with E-state index in [1.54, 1.807) is 6.07 Å². The Kier molecular flexibility index (Phi) is 4.65. The summed E-state index contributed by atoms with van der Waals surface area (Å²) in [6.07, 6.45) is 1.77. The lowest BCUT2D eigenvalue weighted by molar-refractivity contribution is -0.120. The Hall–Kier alpha value is -0.580. The van der Waals surface area contributed by atoms with Crippen molar-refractivity contribution in [2.45, 2.75) is 25.8 Å². The molecule has 5 heteroatoms. The highest BCUT2D eigenvalue weighted by molar-refractivity contribution is 9.10. The first-order valence-electron chi connectivity index (χ1n) is 6.05. The molecule has 1 saturated heterocycles. The van der Waals surface area contributed by atoms with Crippen molar-refractivity contribution in [1.82, 2.24) is 5.32 Å². The van der Waals surface area contributed by atoms with Gasteiger partial charge in [-0.2, -0.15) is 0 Å². The van der Waals surface area contributed by atoms with Crippen molar-refractivity contribution in [3.63, 3.8) is 0 Å². The number of piperidine rings is 1. The summed E-state index contributed by atoms with van der Waals surface area (Å²) in [5.74, 6) is 0.172. The van der Waals surface area contributed by atoms with E-state index >= 15 is 0 Å². The lowest BCUT2D eigenvalue weighted by Gasteiger charge is -2.27. The number of anilines is 1. The number of nitrogens with one attached hydrogen (secondary N) is 2. The predicted molar refractivity (Wildman–Crippen MR) is 78.0 cm³/mol. The van der Waals surface area contributed by atoms with Crippen LogP contribution in [0.3, 0.4) is 0 Å². The number of amides is 1. The topological polar surface area (TPSA) is 41.1 Å². The third kappa shape index (κ3) is 3.46. The summed E-state index contributed by atoms with van der Waals surface area (Å²) in [5.41, 5.74) is 0.749. The molecular weight excluding hydrogens is 316 g/mol. The van der Waals surface area contributed by atoms with E-state index in [4.69, 9.17) is 11.6 Å². The monoisotopic (exact) mass is 330 g/mol. The van der Waals surface area contributed by atoms with E-state index in [0.29, 0.717) is 11.1 Å². The van der Waals surface area contributed by atoms with Gasteiger partial charge in [-0.05, 0) is 60.4 Å². The molecule has 0 bridgehead atoms. The number of carbonyl (C=O) groups excluding carboxylic acids is 1. The maximum atomic E-state index is 12.1. The van der Waals surface area contributed by atoms with Gasteiger partial charge in [-0.25, -0.2) is 0 Å². The van der Waals surface area contributed by atoms with Crippen LogP contribution in [0.2, 0.25) is 5.02 Å². The van der Waals surface area contributed by atoms with E-state index in [-0.39, 0.29) is 11.8 Å². The van der Waals surface area contributed by atoms with Crippen molar-refractivity contribution in [3.8, 4) is 0 Å². The Bertz CT molecular complexity index is 453. The van der Waals surface area contributed by atoms with Crippen molar-refractivity contribution < 1.29 is 4.79 Å². The molecule has 2 unspecified atom stereocenters. The van der Waals surface area contributed by atoms with Crippen molar-refractivity contribution in [1.29, 1.82) is 0 Å². The van der Waals surface area contributed by atoms with Gasteiger partial charge in [0.25, 0.3) is 0 Å². The average molecular weight is 332 g/mol. The number of hydrogen-bond donors (Lipinski definition) is 2. The summed E-state index contributed by atoms with van der Waals surface area (Å²) in [4.78, 5) is 12.1. The van der Waals surface area contributed by atoms with E-state index in [0.717, 1.165) is 29.5 Å². The zero-order valence-electron chi connectivity index (χ0n) is 10.2. The first-order chi connectivity index (χ1) is 8.56. The predicted octanol–water partition coefficient (Wildman–Crippen LogP) is 3.43.